The Kier molecular flexibility index (Phi) is 5.45. The van der Waals surface area contributed by atoms with Crippen LogP contribution in [-0.2, 0) is 14.3 Å². The summed E-state index contributed by atoms with van der Waals surface area (Å²) < 4.78 is 10.0. The highest BCUT2D eigenvalue weighted by molar-refractivity contribution is 5.87. The van der Waals surface area contributed by atoms with Crippen molar-refractivity contribution in [2.45, 2.75) is 32.0 Å². The molecule has 0 aliphatic carbocycles. The fourth-order valence-corrected chi connectivity index (χ4v) is 1.26. The van der Waals surface area contributed by atoms with Gasteiger partial charge in [0.15, 0.2) is 0 Å². The minimum Gasteiger partial charge on any atom is -0.462 e. The Morgan fingerprint density at radius 1 is 1.44 bits per heavy atom. The van der Waals surface area contributed by atoms with Crippen molar-refractivity contribution in [1.82, 2.24) is 0 Å². The molecule has 5 nitrogen and oxygen atoms in total. The van der Waals surface area contributed by atoms with E-state index in [0.717, 1.165) is 0 Å². The lowest BCUT2D eigenvalue weighted by Gasteiger charge is -2.03. The van der Waals surface area contributed by atoms with E-state index in [2.05, 4.69) is 0 Å². The first kappa shape index (κ1) is 13.2. The molecule has 0 aromatic heterocycles. The number of aliphatic hydroxyl groups excluding tert-OH is 2. The van der Waals surface area contributed by atoms with Crippen LogP contribution in [0.1, 0.15) is 19.8 Å². The first-order valence-electron chi connectivity index (χ1n) is 5.41. The van der Waals surface area contributed by atoms with Gasteiger partial charge in [-0.25, -0.2) is 4.79 Å². The predicted molar refractivity (Wildman–Crippen MR) is 56.8 cm³/mol. The average Bonchev–Trinajstić information content (AvgIpc) is 3.02. The summed E-state index contributed by atoms with van der Waals surface area (Å²) in [4.78, 5) is 11.4. The minimum absolute atomic E-state index is 0.0278. The van der Waals surface area contributed by atoms with Gasteiger partial charge in [0.05, 0.1) is 13.2 Å². The topological polar surface area (TPSA) is 79.3 Å². The van der Waals surface area contributed by atoms with Crippen molar-refractivity contribution in [1.29, 1.82) is 0 Å². The van der Waals surface area contributed by atoms with Crippen LogP contribution in [0, 0.1) is 0 Å². The van der Waals surface area contributed by atoms with Gasteiger partial charge in [0.2, 0.25) is 0 Å². The molecule has 0 amide bonds. The standard InChI is InChI=1S/C11H18O5/c1-8(6-9-10(7-13)16-9)11(14)15-5-3-2-4-12/h6,9-10,12-13H,2-5,7H2,1H3. The van der Waals surface area contributed by atoms with Gasteiger partial charge in [0.1, 0.15) is 12.2 Å². The number of ether oxygens (including phenoxy) is 2. The number of epoxide rings is 1. The van der Waals surface area contributed by atoms with Crippen LogP contribution in [-0.4, -0.2) is 48.2 Å². The van der Waals surface area contributed by atoms with Crippen molar-refractivity contribution < 1.29 is 24.5 Å². The quantitative estimate of drug-likeness (QED) is 0.279. The maximum absolute atomic E-state index is 11.4. The van der Waals surface area contributed by atoms with Gasteiger partial charge >= 0.3 is 5.97 Å². The van der Waals surface area contributed by atoms with Crippen LogP contribution < -0.4 is 0 Å². The maximum Gasteiger partial charge on any atom is 0.333 e. The van der Waals surface area contributed by atoms with Gasteiger partial charge in [0.25, 0.3) is 0 Å². The molecule has 92 valence electrons. The van der Waals surface area contributed by atoms with Crippen LogP contribution >= 0.6 is 0 Å². The zero-order valence-electron chi connectivity index (χ0n) is 9.39. The molecule has 0 bridgehead atoms. The third-order valence-corrected chi connectivity index (χ3v) is 2.32. The molecule has 2 N–H and O–H groups in total. The van der Waals surface area contributed by atoms with Crippen LogP contribution in [0.3, 0.4) is 0 Å². The highest BCUT2D eigenvalue weighted by Gasteiger charge is 2.36. The molecule has 16 heavy (non-hydrogen) atoms. The molecular formula is C11H18O5. The molecule has 0 spiro atoms. The van der Waals surface area contributed by atoms with Gasteiger partial charge in [-0.1, -0.05) is 0 Å². The van der Waals surface area contributed by atoms with Crippen LogP contribution in [0.5, 0.6) is 0 Å². The van der Waals surface area contributed by atoms with Crippen LogP contribution in [0.15, 0.2) is 11.6 Å². The zero-order valence-corrected chi connectivity index (χ0v) is 9.39. The Morgan fingerprint density at radius 2 is 2.19 bits per heavy atom. The SMILES string of the molecule is CC(=CC1OC1CO)C(=O)OCCCCO. The normalized spacial score (nSPS) is 24.3. The van der Waals surface area contributed by atoms with E-state index in [1.165, 1.54) is 0 Å². The van der Waals surface area contributed by atoms with E-state index < -0.39 is 0 Å². The molecular weight excluding hydrogens is 212 g/mol. The van der Waals surface area contributed by atoms with E-state index in [9.17, 15) is 4.79 Å². The van der Waals surface area contributed by atoms with Crippen molar-refractivity contribution in [3.05, 3.63) is 11.6 Å². The van der Waals surface area contributed by atoms with Crippen molar-refractivity contribution in [3.63, 3.8) is 0 Å². The fourth-order valence-electron chi connectivity index (χ4n) is 1.26. The number of esters is 1. The van der Waals surface area contributed by atoms with Gasteiger partial charge in [-0.3, -0.25) is 0 Å². The van der Waals surface area contributed by atoms with Crippen LogP contribution in [0.25, 0.3) is 0 Å². The Morgan fingerprint density at radius 3 is 2.75 bits per heavy atom. The molecule has 1 saturated heterocycles. The van der Waals surface area contributed by atoms with Crippen molar-refractivity contribution in [2.75, 3.05) is 19.8 Å². The van der Waals surface area contributed by atoms with E-state index in [1.807, 2.05) is 0 Å². The summed E-state index contributed by atoms with van der Waals surface area (Å²) in [5.74, 6) is -0.370. The maximum atomic E-state index is 11.4. The third-order valence-electron chi connectivity index (χ3n) is 2.32. The molecule has 0 radical (unpaired) electrons. The largest absolute Gasteiger partial charge is 0.462 e. The second-order valence-electron chi connectivity index (χ2n) is 3.74. The smallest absolute Gasteiger partial charge is 0.333 e. The third kappa shape index (κ3) is 4.30. The molecule has 0 saturated carbocycles. The zero-order chi connectivity index (χ0) is 12.0. The number of unbranched alkanes of at least 4 members (excludes halogenated alkanes) is 1. The number of aliphatic hydroxyl groups is 2. The van der Waals surface area contributed by atoms with Crippen molar-refractivity contribution in [3.8, 4) is 0 Å². The Hall–Kier alpha value is -0.910. The van der Waals surface area contributed by atoms with Crippen molar-refractivity contribution >= 4 is 5.97 Å². The molecule has 1 aliphatic rings. The molecule has 1 heterocycles. The van der Waals surface area contributed by atoms with E-state index in [1.54, 1.807) is 13.0 Å². The first-order valence-corrected chi connectivity index (χ1v) is 5.41. The number of hydrogen-bond donors (Lipinski definition) is 2. The second kappa shape index (κ2) is 6.62. The first-order chi connectivity index (χ1) is 7.69. The molecule has 2 atom stereocenters. The highest BCUT2D eigenvalue weighted by Crippen LogP contribution is 2.23. The van der Waals surface area contributed by atoms with Gasteiger partial charge < -0.3 is 19.7 Å². The summed E-state index contributed by atoms with van der Waals surface area (Å²) in [7, 11) is 0. The predicted octanol–water partition coefficient (Wildman–Crippen LogP) is 0.00810. The monoisotopic (exact) mass is 230 g/mol. The molecule has 1 fully saturated rings. The molecule has 5 heteroatoms. The molecule has 0 aromatic carbocycles. The Bertz CT molecular complexity index is 261. The van der Waals surface area contributed by atoms with Gasteiger partial charge in [0, 0.05) is 12.2 Å². The second-order valence-corrected chi connectivity index (χ2v) is 3.74. The lowest BCUT2D eigenvalue weighted by Crippen LogP contribution is -2.08. The van der Waals surface area contributed by atoms with Gasteiger partial charge in [-0.2, -0.15) is 0 Å². The van der Waals surface area contributed by atoms with E-state index in [-0.39, 0.29) is 31.4 Å². The molecule has 2 unspecified atom stereocenters. The Balaban J connectivity index is 2.20. The number of hydrogen-bond acceptors (Lipinski definition) is 5. The molecule has 0 aromatic rings. The summed E-state index contributed by atoms with van der Waals surface area (Å²) in [5.41, 5.74) is 0.491. The van der Waals surface area contributed by atoms with Gasteiger partial charge in [-0.05, 0) is 25.8 Å². The number of rotatable bonds is 7. The van der Waals surface area contributed by atoms with E-state index in [4.69, 9.17) is 19.7 Å². The number of carbonyl (C=O) groups excluding carboxylic acids is 1. The highest BCUT2D eigenvalue weighted by atomic mass is 16.6. The van der Waals surface area contributed by atoms with Crippen LogP contribution in [0.4, 0.5) is 0 Å². The van der Waals surface area contributed by atoms with E-state index in [0.29, 0.717) is 25.0 Å². The molecule has 1 rings (SSSR count). The van der Waals surface area contributed by atoms with Crippen LogP contribution in [0.2, 0.25) is 0 Å². The number of carbonyl (C=O) groups is 1. The Labute approximate surface area is 94.7 Å². The molecule has 1 aliphatic heterocycles. The van der Waals surface area contributed by atoms with Gasteiger partial charge in [-0.15, -0.1) is 0 Å². The average molecular weight is 230 g/mol. The summed E-state index contributed by atoms with van der Waals surface area (Å²) in [5, 5.41) is 17.3. The van der Waals surface area contributed by atoms with E-state index >= 15 is 0 Å². The minimum atomic E-state index is -0.370. The summed E-state index contributed by atoms with van der Waals surface area (Å²) in [6.45, 7) is 2.06. The summed E-state index contributed by atoms with van der Waals surface area (Å²) in [6.07, 6.45) is 2.63. The summed E-state index contributed by atoms with van der Waals surface area (Å²) in [6, 6.07) is 0. The lowest BCUT2D eigenvalue weighted by molar-refractivity contribution is -0.139. The lowest BCUT2D eigenvalue weighted by atomic mass is 10.2. The van der Waals surface area contributed by atoms with Crippen molar-refractivity contribution in [2.24, 2.45) is 0 Å². The fraction of sp³-hybridized carbons (Fsp3) is 0.727. The summed E-state index contributed by atoms with van der Waals surface area (Å²) >= 11 is 0.